The molecular formula is C20H29N3O2. The molecule has 5 heteroatoms. The van der Waals surface area contributed by atoms with Crippen LogP contribution >= 0.6 is 0 Å². The van der Waals surface area contributed by atoms with Crippen molar-refractivity contribution in [3.05, 3.63) is 35.9 Å². The van der Waals surface area contributed by atoms with Crippen LogP contribution in [0, 0.1) is 5.92 Å². The first-order valence-electron chi connectivity index (χ1n) is 9.54. The molecule has 3 N–H and O–H groups in total. The summed E-state index contributed by atoms with van der Waals surface area (Å²) in [5, 5.41) is 3.01. The third-order valence-electron chi connectivity index (χ3n) is 5.51. The van der Waals surface area contributed by atoms with Crippen LogP contribution in [0.4, 0.5) is 0 Å². The van der Waals surface area contributed by atoms with Crippen LogP contribution in [0.15, 0.2) is 30.3 Å². The molecule has 1 saturated heterocycles. The fourth-order valence-electron chi connectivity index (χ4n) is 4.09. The molecule has 3 rings (SSSR count). The van der Waals surface area contributed by atoms with Crippen molar-refractivity contribution in [2.45, 2.75) is 57.0 Å². The van der Waals surface area contributed by atoms with E-state index in [9.17, 15) is 9.59 Å². The van der Waals surface area contributed by atoms with Gasteiger partial charge >= 0.3 is 0 Å². The third-order valence-corrected chi connectivity index (χ3v) is 5.51. The van der Waals surface area contributed by atoms with E-state index >= 15 is 0 Å². The maximum absolute atomic E-state index is 13.0. The molecule has 1 aromatic carbocycles. The zero-order valence-electron chi connectivity index (χ0n) is 14.8. The van der Waals surface area contributed by atoms with E-state index in [1.54, 1.807) is 0 Å². The predicted octanol–water partition coefficient (Wildman–Crippen LogP) is 2.31. The fraction of sp³-hybridized carbons (Fsp3) is 0.600. The minimum Gasteiger partial charge on any atom is -0.350 e. The molecular weight excluding hydrogens is 314 g/mol. The molecule has 1 aromatic rings. The monoisotopic (exact) mass is 343 g/mol. The first kappa shape index (κ1) is 17.9. The Balaban J connectivity index is 1.59. The summed E-state index contributed by atoms with van der Waals surface area (Å²) in [6, 6.07) is 9.49. The minimum absolute atomic E-state index is 0.0641. The lowest BCUT2D eigenvalue weighted by Gasteiger charge is -2.39. The van der Waals surface area contributed by atoms with E-state index in [1.807, 2.05) is 35.2 Å². The van der Waals surface area contributed by atoms with Crippen LogP contribution in [0.5, 0.6) is 0 Å². The second-order valence-electron chi connectivity index (χ2n) is 7.38. The average molecular weight is 343 g/mol. The third kappa shape index (κ3) is 4.60. The van der Waals surface area contributed by atoms with Crippen molar-refractivity contribution in [2.75, 3.05) is 13.1 Å². The molecule has 0 aromatic heterocycles. The second kappa shape index (κ2) is 8.48. The van der Waals surface area contributed by atoms with Crippen LogP contribution in [-0.4, -0.2) is 41.9 Å². The van der Waals surface area contributed by atoms with E-state index in [0.29, 0.717) is 12.1 Å². The van der Waals surface area contributed by atoms with Crippen molar-refractivity contribution in [3.63, 3.8) is 0 Å². The van der Waals surface area contributed by atoms with Crippen molar-refractivity contribution < 1.29 is 9.59 Å². The molecule has 0 radical (unpaired) electrons. The lowest BCUT2D eigenvalue weighted by Crippen LogP contribution is -2.52. The molecule has 1 saturated carbocycles. The zero-order chi connectivity index (χ0) is 17.6. The van der Waals surface area contributed by atoms with E-state index in [-0.39, 0.29) is 29.8 Å². The lowest BCUT2D eigenvalue weighted by molar-refractivity contribution is -0.140. The van der Waals surface area contributed by atoms with E-state index in [0.717, 1.165) is 51.5 Å². The summed E-state index contributed by atoms with van der Waals surface area (Å²) in [4.78, 5) is 27.3. The minimum atomic E-state index is -0.0711. The van der Waals surface area contributed by atoms with Gasteiger partial charge in [0.2, 0.25) is 5.91 Å². The maximum Gasteiger partial charge on any atom is 0.251 e. The molecule has 2 fully saturated rings. The van der Waals surface area contributed by atoms with Crippen LogP contribution < -0.4 is 11.1 Å². The number of hydrogen-bond acceptors (Lipinski definition) is 3. The predicted molar refractivity (Wildman–Crippen MR) is 98.1 cm³/mol. The SMILES string of the molecule is NC1CCCC(C(=O)N2CCCCC2CNC(=O)c2ccccc2)C1. The molecule has 0 bridgehead atoms. The number of piperidine rings is 1. The van der Waals surface area contributed by atoms with Gasteiger partial charge < -0.3 is 16.0 Å². The summed E-state index contributed by atoms with van der Waals surface area (Å²) < 4.78 is 0. The van der Waals surface area contributed by atoms with Gasteiger partial charge in [-0.15, -0.1) is 0 Å². The lowest BCUT2D eigenvalue weighted by atomic mass is 9.84. The summed E-state index contributed by atoms with van der Waals surface area (Å²) in [6.45, 7) is 1.33. The van der Waals surface area contributed by atoms with Gasteiger partial charge in [-0.25, -0.2) is 0 Å². The Hall–Kier alpha value is -1.88. The molecule has 1 aliphatic heterocycles. The maximum atomic E-state index is 13.0. The van der Waals surface area contributed by atoms with Crippen molar-refractivity contribution in [1.82, 2.24) is 10.2 Å². The first-order valence-corrected chi connectivity index (χ1v) is 9.54. The molecule has 2 amide bonds. The summed E-state index contributed by atoms with van der Waals surface area (Å²) >= 11 is 0. The second-order valence-corrected chi connectivity index (χ2v) is 7.38. The molecule has 2 aliphatic rings. The number of nitrogens with one attached hydrogen (secondary N) is 1. The van der Waals surface area contributed by atoms with Crippen molar-refractivity contribution in [1.29, 1.82) is 0 Å². The van der Waals surface area contributed by atoms with Gasteiger partial charge in [-0.1, -0.05) is 24.6 Å². The number of hydrogen-bond donors (Lipinski definition) is 2. The summed E-state index contributed by atoms with van der Waals surface area (Å²) in [6.07, 6.45) is 6.94. The fourth-order valence-corrected chi connectivity index (χ4v) is 4.09. The highest BCUT2D eigenvalue weighted by atomic mass is 16.2. The van der Waals surface area contributed by atoms with E-state index in [2.05, 4.69) is 5.32 Å². The Kier molecular flexibility index (Phi) is 6.08. The van der Waals surface area contributed by atoms with Gasteiger partial charge in [0.1, 0.15) is 0 Å². The number of likely N-dealkylation sites (tertiary alicyclic amines) is 1. The van der Waals surface area contributed by atoms with Crippen LogP contribution in [0.1, 0.15) is 55.3 Å². The number of rotatable bonds is 4. The molecule has 1 aliphatic carbocycles. The van der Waals surface area contributed by atoms with Crippen molar-refractivity contribution in [2.24, 2.45) is 11.7 Å². The highest BCUT2D eigenvalue weighted by molar-refractivity contribution is 5.94. The van der Waals surface area contributed by atoms with Gasteiger partial charge in [-0.3, -0.25) is 9.59 Å². The number of benzene rings is 1. The zero-order valence-corrected chi connectivity index (χ0v) is 14.8. The smallest absolute Gasteiger partial charge is 0.251 e. The average Bonchev–Trinajstić information content (AvgIpc) is 2.66. The van der Waals surface area contributed by atoms with Gasteiger partial charge in [0, 0.05) is 36.7 Å². The van der Waals surface area contributed by atoms with E-state index in [4.69, 9.17) is 5.73 Å². The molecule has 1 heterocycles. The van der Waals surface area contributed by atoms with Crippen LogP contribution in [0.2, 0.25) is 0 Å². The van der Waals surface area contributed by atoms with E-state index < -0.39 is 0 Å². The van der Waals surface area contributed by atoms with Gasteiger partial charge in [-0.05, 0) is 50.7 Å². The van der Waals surface area contributed by atoms with Gasteiger partial charge in [0.15, 0.2) is 0 Å². The van der Waals surface area contributed by atoms with Crippen LogP contribution in [-0.2, 0) is 4.79 Å². The number of nitrogens with two attached hydrogens (primary N) is 1. The van der Waals surface area contributed by atoms with Crippen LogP contribution in [0.3, 0.4) is 0 Å². The Labute approximate surface area is 150 Å². The van der Waals surface area contributed by atoms with Crippen LogP contribution in [0.25, 0.3) is 0 Å². The Morgan fingerprint density at radius 2 is 1.88 bits per heavy atom. The van der Waals surface area contributed by atoms with Crippen molar-refractivity contribution in [3.8, 4) is 0 Å². The molecule has 136 valence electrons. The molecule has 3 atom stereocenters. The first-order chi connectivity index (χ1) is 12.1. The quantitative estimate of drug-likeness (QED) is 0.881. The number of carbonyl (C=O) groups excluding carboxylic acids is 2. The molecule has 5 nitrogen and oxygen atoms in total. The van der Waals surface area contributed by atoms with Gasteiger partial charge in [-0.2, -0.15) is 0 Å². The number of nitrogens with zero attached hydrogens (tertiary/aromatic N) is 1. The topological polar surface area (TPSA) is 75.4 Å². The Morgan fingerprint density at radius 1 is 1.08 bits per heavy atom. The molecule has 3 unspecified atom stereocenters. The number of amides is 2. The highest BCUT2D eigenvalue weighted by Crippen LogP contribution is 2.28. The number of carbonyl (C=O) groups is 2. The standard InChI is InChI=1S/C20H29N3O2/c21-17-10-6-9-16(13-17)20(25)23-12-5-4-11-18(23)14-22-19(24)15-7-2-1-3-8-15/h1-3,7-8,16-18H,4-6,9-14,21H2,(H,22,24). The van der Waals surface area contributed by atoms with Gasteiger partial charge in [0.25, 0.3) is 5.91 Å². The normalized spacial score (nSPS) is 26.9. The van der Waals surface area contributed by atoms with Gasteiger partial charge in [0.05, 0.1) is 0 Å². The summed E-state index contributed by atoms with van der Waals surface area (Å²) in [5.41, 5.74) is 6.72. The Morgan fingerprint density at radius 3 is 2.64 bits per heavy atom. The largest absolute Gasteiger partial charge is 0.350 e. The van der Waals surface area contributed by atoms with Crippen molar-refractivity contribution >= 4 is 11.8 Å². The highest BCUT2D eigenvalue weighted by Gasteiger charge is 2.33. The molecule has 0 spiro atoms. The summed E-state index contributed by atoms with van der Waals surface area (Å²) in [7, 11) is 0. The summed E-state index contributed by atoms with van der Waals surface area (Å²) in [5.74, 6) is 0.237. The van der Waals surface area contributed by atoms with E-state index in [1.165, 1.54) is 0 Å². The Bertz CT molecular complexity index is 590. The molecule has 25 heavy (non-hydrogen) atoms.